The van der Waals surface area contributed by atoms with Gasteiger partial charge in [-0.05, 0) is 77.4 Å². The molecule has 2 heterocycles. The molecule has 0 spiro atoms. The first kappa shape index (κ1) is 27.8. The Bertz CT molecular complexity index is 1020. The van der Waals surface area contributed by atoms with Gasteiger partial charge in [-0.1, -0.05) is 42.0 Å². The van der Waals surface area contributed by atoms with Crippen molar-refractivity contribution in [3.8, 4) is 0 Å². The number of benzene rings is 2. The van der Waals surface area contributed by atoms with Crippen LogP contribution in [0, 0.1) is 27.7 Å². The highest BCUT2D eigenvalue weighted by Crippen LogP contribution is 2.30. The fraction of sp³-hybridized carbons (Fsp3) is 0.370. The Morgan fingerprint density at radius 3 is 1.94 bits per heavy atom. The molecule has 0 atom stereocenters. The van der Waals surface area contributed by atoms with Crippen molar-refractivity contribution < 1.29 is 18.8 Å². The lowest BCUT2D eigenvalue weighted by Crippen LogP contribution is -2.22. The minimum Gasteiger partial charge on any atom is -0.450 e. The van der Waals surface area contributed by atoms with Crippen LogP contribution in [-0.4, -0.2) is 44.5 Å². The van der Waals surface area contributed by atoms with Crippen LogP contribution in [0.15, 0.2) is 40.8 Å². The first-order chi connectivity index (χ1) is 15.9. The molecule has 1 fully saturated rings. The van der Waals surface area contributed by atoms with Gasteiger partial charge >= 0.3 is 0 Å². The molecule has 178 valence electrons. The van der Waals surface area contributed by atoms with Gasteiger partial charge < -0.3 is 24.2 Å². The van der Waals surface area contributed by atoms with Crippen LogP contribution in [0.4, 0.5) is 0 Å². The molecule has 4 rings (SSSR count). The SMILES string of the molecule is C=O.C=O.CN1CCCC1.Cc1ccc(CNC(=O)c2oc3c(C)ccc(C)c3c2C)cc1. The second kappa shape index (κ2) is 14.0. The normalized spacial score (nSPS) is 12.5. The highest BCUT2D eigenvalue weighted by molar-refractivity contribution is 6.00. The van der Waals surface area contributed by atoms with E-state index in [-0.39, 0.29) is 5.91 Å². The minimum atomic E-state index is -0.168. The summed E-state index contributed by atoms with van der Waals surface area (Å²) in [7, 11) is 2.17. The van der Waals surface area contributed by atoms with Crippen molar-refractivity contribution in [1.29, 1.82) is 0 Å². The molecular formula is C27H36N2O4. The van der Waals surface area contributed by atoms with Crippen molar-refractivity contribution in [2.75, 3.05) is 20.1 Å². The van der Waals surface area contributed by atoms with E-state index in [0.717, 1.165) is 33.2 Å². The summed E-state index contributed by atoms with van der Waals surface area (Å²) in [5, 5.41) is 3.99. The average molecular weight is 453 g/mol. The standard InChI is InChI=1S/C20H21NO2.C5H11N.2CH2O/c1-12-5-9-16(10-6-12)11-21-20(22)19-15(4)17-13(2)7-8-14(3)18(17)23-19;1-6-4-2-3-5-6;2*1-2/h5-10H,11H2,1-4H3,(H,21,22);2-5H2,1H3;2*1H2. The topological polar surface area (TPSA) is 79.6 Å². The van der Waals surface area contributed by atoms with E-state index in [4.69, 9.17) is 14.0 Å². The van der Waals surface area contributed by atoms with E-state index in [9.17, 15) is 4.79 Å². The van der Waals surface area contributed by atoms with Gasteiger partial charge in [0.2, 0.25) is 0 Å². The summed E-state index contributed by atoms with van der Waals surface area (Å²) in [4.78, 5) is 30.9. The second-order valence-corrected chi connectivity index (χ2v) is 8.14. The van der Waals surface area contributed by atoms with Gasteiger partial charge in [0.1, 0.15) is 19.2 Å². The Morgan fingerprint density at radius 1 is 0.909 bits per heavy atom. The van der Waals surface area contributed by atoms with E-state index >= 15 is 0 Å². The molecule has 33 heavy (non-hydrogen) atoms. The first-order valence-electron chi connectivity index (χ1n) is 11.0. The van der Waals surface area contributed by atoms with Crippen molar-refractivity contribution in [1.82, 2.24) is 10.2 Å². The molecule has 3 aromatic rings. The molecule has 1 saturated heterocycles. The molecule has 0 unspecified atom stereocenters. The Morgan fingerprint density at radius 2 is 1.45 bits per heavy atom. The van der Waals surface area contributed by atoms with Gasteiger partial charge in [0.15, 0.2) is 5.76 Å². The Kier molecular flexibility index (Phi) is 11.8. The van der Waals surface area contributed by atoms with Gasteiger partial charge in [0, 0.05) is 17.5 Å². The largest absolute Gasteiger partial charge is 0.450 e. The molecule has 0 bridgehead atoms. The van der Waals surface area contributed by atoms with Crippen LogP contribution in [0.25, 0.3) is 11.0 Å². The molecule has 1 aliphatic rings. The monoisotopic (exact) mass is 452 g/mol. The van der Waals surface area contributed by atoms with E-state index in [2.05, 4.69) is 23.3 Å². The van der Waals surface area contributed by atoms with Gasteiger partial charge in [-0.3, -0.25) is 4.79 Å². The number of aryl methyl sites for hydroxylation is 4. The molecule has 1 aliphatic heterocycles. The maximum Gasteiger partial charge on any atom is 0.287 e. The number of amides is 1. The zero-order chi connectivity index (χ0) is 25.0. The molecule has 0 radical (unpaired) electrons. The number of furan rings is 1. The molecule has 0 saturated carbocycles. The number of hydrogen-bond acceptors (Lipinski definition) is 5. The summed E-state index contributed by atoms with van der Waals surface area (Å²) >= 11 is 0. The molecular weight excluding hydrogens is 416 g/mol. The van der Waals surface area contributed by atoms with Gasteiger partial charge in [-0.25, -0.2) is 0 Å². The van der Waals surface area contributed by atoms with Crippen LogP contribution in [0.1, 0.15) is 51.2 Å². The number of nitrogens with zero attached hydrogens (tertiary/aromatic N) is 1. The lowest BCUT2D eigenvalue weighted by atomic mass is 10.0. The van der Waals surface area contributed by atoms with Crippen molar-refractivity contribution >= 4 is 30.5 Å². The van der Waals surface area contributed by atoms with Crippen LogP contribution in [0.2, 0.25) is 0 Å². The van der Waals surface area contributed by atoms with Crippen LogP contribution in [0.5, 0.6) is 0 Å². The summed E-state index contributed by atoms with van der Waals surface area (Å²) < 4.78 is 5.87. The number of rotatable bonds is 3. The lowest BCUT2D eigenvalue weighted by molar-refractivity contribution is -0.0987. The molecule has 1 amide bonds. The van der Waals surface area contributed by atoms with Gasteiger partial charge in [0.05, 0.1) is 0 Å². The zero-order valence-electron chi connectivity index (χ0n) is 20.5. The number of hydrogen-bond donors (Lipinski definition) is 1. The van der Waals surface area contributed by atoms with Crippen molar-refractivity contribution in [2.24, 2.45) is 0 Å². The number of nitrogens with one attached hydrogen (secondary N) is 1. The molecule has 1 N–H and O–H groups in total. The number of likely N-dealkylation sites (tertiary alicyclic amines) is 1. The van der Waals surface area contributed by atoms with Crippen LogP contribution in [-0.2, 0) is 16.1 Å². The maximum atomic E-state index is 12.5. The summed E-state index contributed by atoms with van der Waals surface area (Å²) in [6.45, 7) is 15.2. The fourth-order valence-corrected chi connectivity index (χ4v) is 3.74. The van der Waals surface area contributed by atoms with Crippen molar-refractivity contribution in [3.63, 3.8) is 0 Å². The van der Waals surface area contributed by atoms with Crippen molar-refractivity contribution in [3.05, 3.63) is 70.0 Å². The third-order valence-electron chi connectivity index (χ3n) is 5.59. The Balaban J connectivity index is 0.000000460. The quantitative estimate of drug-likeness (QED) is 0.609. The Labute approximate surface area is 197 Å². The summed E-state index contributed by atoms with van der Waals surface area (Å²) in [5.41, 5.74) is 6.17. The molecule has 0 aliphatic carbocycles. The van der Waals surface area contributed by atoms with E-state index < -0.39 is 0 Å². The Hall–Kier alpha value is -3.25. The first-order valence-corrected chi connectivity index (χ1v) is 11.0. The van der Waals surface area contributed by atoms with Crippen LogP contribution >= 0.6 is 0 Å². The smallest absolute Gasteiger partial charge is 0.287 e. The number of fused-ring (bicyclic) bond motifs is 1. The van der Waals surface area contributed by atoms with Gasteiger partial charge in [-0.2, -0.15) is 0 Å². The molecule has 2 aromatic carbocycles. The predicted octanol–water partition coefficient (Wildman–Crippen LogP) is 4.94. The average Bonchev–Trinajstić information content (AvgIpc) is 3.46. The van der Waals surface area contributed by atoms with Gasteiger partial charge in [0.25, 0.3) is 5.91 Å². The van der Waals surface area contributed by atoms with E-state index in [1.807, 2.05) is 71.6 Å². The summed E-state index contributed by atoms with van der Waals surface area (Å²) in [6, 6.07) is 12.2. The maximum absolute atomic E-state index is 12.5. The van der Waals surface area contributed by atoms with Gasteiger partial charge in [-0.15, -0.1) is 0 Å². The minimum absolute atomic E-state index is 0.168. The lowest BCUT2D eigenvalue weighted by Gasteiger charge is -2.04. The summed E-state index contributed by atoms with van der Waals surface area (Å²) in [6.07, 6.45) is 2.83. The fourth-order valence-electron chi connectivity index (χ4n) is 3.74. The number of carbonyl (C=O) groups excluding carboxylic acids is 3. The predicted molar refractivity (Wildman–Crippen MR) is 134 cm³/mol. The number of carbonyl (C=O) groups is 3. The van der Waals surface area contributed by atoms with E-state index in [1.165, 1.54) is 31.5 Å². The molecule has 6 heteroatoms. The second-order valence-electron chi connectivity index (χ2n) is 8.14. The van der Waals surface area contributed by atoms with Crippen molar-refractivity contribution in [2.45, 2.75) is 47.1 Å². The van der Waals surface area contributed by atoms with E-state index in [1.54, 1.807) is 0 Å². The van der Waals surface area contributed by atoms with Crippen LogP contribution < -0.4 is 5.32 Å². The highest BCUT2D eigenvalue weighted by Gasteiger charge is 2.19. The summed E-state index contributed by atoms with van der Waals surface area (Å²) in [5.74, 6) is 0.239. The highest BCUT2D eigenvalue weighted by atomic mass is 16.3. The molecule has 6 nitrogen and oxygen atoms in total. The third-order valence-corrected chi connectivity index (χ3v) is 5.59. The third kappa shape index (κ3) is 7.68. The van der Waals surface area contributed by atoms with Crippen LogP contribution in [0.3, 0.4) is 0 Å². The zero-order valence-corrected chi connectivity index (χ0v) is 20.5. The van der Waals surface area contributed by atoms with E-state index in [0.29, 0.717) is 12.3 Å². The molecule has 1 aromatic heterocycles.